The standard InChI is InChI=1S/C9H10N2O2S/c1-3-5-11(4-2)9-10-6-7(14-9)8(12)13/h1,6H,4-5H2,2H3,(H,12,13). The topological polar surface area (TPSA) is 53.4 Å². The van der Waals surface area contributed by atoms with E-state index >= 15 is 0 Å². The van der Waals surface area contributed by atoms with Gasteiger partial charge in [-0.15, -0.1) is 6.42 Å². The normalized spacial score (nSPS) is 9.43. The second kappa shape index (κ2) is 4.63. The predicted molar refractivity (Wildman–Crippen MR) is 55.8 cm³/mol. The summed E-state index contributed by atoms with van der Waals surface area (Å²) in [5.74, 6) is 1.55. The highest BCUT2D eigenvalue weighted by Crippen LogP contribution is 2.21. The molecule has 1 rings (SSSR count). The highest BCUT2D eigenvalue weighted by atomic mass is 32.1. The quantitative estimate of drug-likeness (QED) is 0.761. The van der Waals surface area contributed by atoms with E-state index in [-0.39, 0.29) is 4.88 Å². The summed E-state index contributed by atoms with van der Waals surface area (Å²) < 4.78 is 0. The Kier molecular flexibility index (Phi) is 3.48. The highest BCUT2D eigenvalue weighted by molar-refractivity contribution is 7.17. The van der Waals surface area contributed by atoms with Gasteiger partial charge in [0.1, 0.15) is 4.88 Å². The van der Waals surface area contributed by atoms with Crippen molar-refractivity contribution in [3.05, 3.63) is 11.1 Å². The van der Waals surface area contributed by atoms with Gasteiger partial charge in [0.2, 0.25) is 0 Å². The molecule has 1 aromatic heterocycles. The van der Waals surface area contributed by atoms with Crippen LogP contribution in [0, 0.1) is 12.3 Å². The van der Waals surface area contributed by atoms with Gasteiger partial charge in [0, 0.05) is 6.54 Å². The zero-order valence-electron chi connectivity index (χ0n) is 7.73. The lowest BCUT2D eigenvalue weighted by Crippen LogP contribution is -2.22. The van der Waals surface area contributed by atoms with E-state index < -0.39 is 5.97 Å². The molecule has 0 aliphatic heterocycles. The maximum Gasteiger partial charge on any atom is 0.347 e. The fourth-order valence-corrected chi connectivity index (χ4v) is 1.75. The molecule has 0 unspecified atom stereocenters. The third-order valence-electron chi connectivity index (χ3n) is 1.64. The van der Waals surface area contributed by atoms with Crippen LogP contribution in [0.4, 0.5) is 5.13 Å². The maximum atomic E-state index is 10.6. The van der Waals surface area contributed by atoms with Crippen LogP contribution in [0.3, 0.4) is 0 Å². The van der Waals surface area contributed by atoms with Crippen LogP contribution in [0.15, 0.2) is 6.20 Å². The van der Waals surface area contributed by atoms with Crippen LogP contribution in [0.5, 0.6) is 0 Å². The molecule has 74 valence electrons. The van der Waals surface area contributed by atoms with Crippen LogP contribution in [0.25, 0.3) is 0 Å². The lowest BCUT2D eigenvalue weighted by molar-refractivity contribution is 0.0702. The fraction of sp³-hybridized carbons (Fsp3) is 0.333. The van der Waals surface area contributed by atoms with Crippen molar-refractivity contribution in [2.45, 2.75) is 6.92 Å². The van der Waals surface area contributed by atoms with Gasteiger partial charge in [-0.05, 0) is 6.92 Å². The minimum atomic E-state index is -0.953. The van der Waals surface area contributed by atoms with E-state index in [4.69, 9.17) is 11.5 Å². The molecule has 1 N–H and O–H groups in total. The minimum absolute atomic E-state index is 0.232. The number of anilines is 1. The van der Waals surface area contributed by atoms with Crippen LogP contribution in [-0.4, -0.2) is 29.1 Å². The summed E-state index contributed by atoms with van der Waals surface area (Å²) >= 11 is 1.13. The Hall–Kier alpha value is -1.54. The number of carbonyl (C=O) groups is 1. The number of rotatable bonds is 4. The van der Waals surface area contributed by atoms with E-state index in [9.17, 15) is 4.79 Å². The van der Waals surface area contributed by atoms with E-state index in [1.165, 1.54) is 6.20 Å². The Bertz CT molecular complexity index is 367. The molecule has 0 amide bonds. The largest absolute Gasteiger partial charge is 0.477 e. The molecule has 4 nitrogen and oxygen atoms in total. The third-order valence-corrected chi connectivity index (χ3v) is 2.68. The summed E-state index contributed by atoms with van der Waals surface area (Å²) in [5, 5.41) is 9.35. The number of terminal acetylenes is 1. The van der Waals surface area contributed by atoms with E-state index in [0.29, 0.717) is 11.7 Å². The first-order chi connectivity index (χ1) is 6.69. The van der Waals surface area contributed by atoms with Crippen molar-refractivity contribution in [2.24, 2.45) is 0 Å². The lowest BCUT2D eigenvalue weighted by Gasteiger charge is -2.15. The Morgan fingerprint density at radius 2 is 2.57 bits per heavy atom. The Balaban J connectivity index is 2.84. The number of carboxylic acid groups (broad SMARTS) is 1. The first-order valence-corrected chi connectivity index (χ1v) is 4.88. The van der Waals surface area contributed by atoms with Crippen molar-refractivity contribution in [1.29, 1.82) is 0 Å². The van der Waals surface area contributed by atoms with E-state index in [0.717, 1.165) is 17.9 Å². The molecule has 0 aromatic carbocycles. The van der Waals surface area contributed by atoms with Gasteiger partial charge < -0.3 is 10.0 Å². The van der Waals surface area contributed by atoms with Crippen molar-refractivity contribution >= 4 is 22.4 Å². The van der Waals surface area contributed by atoms with Crippen LogP contribution >= 0.6 is 11.3 Å². The van der Waals surface area contributed by atoms with Gasteiger partial charge in [-0.2, -0.15) is 0 Å². The number of hydrogen-bond donors (Lipinski definition) is 1. The molecule has 0 atom stereocenters. The zero-order chi connectivity index (χ0) is 10.6. The summed E-state index contributed by atoms with van der Waals surface area (Å²) in [4.78, 5) is 16.7. The summed E-state index contributed by atoms with van der Waals surface area (Å²) in [6, 6.07) is 0. The predicted octanol–water partition coefficient (Wildman–Crippen LogP) is 1.30. The average molecular weight is 210 g/mol. The molecule has 1 aromatic rings. The molecular formula is C9H10N2O2S. The van der Waals surface area contributed by atoms with Crippen molar-refractivity contribution in [3.8, 4) is 12.3 Å². The summed E-state index contributed by atoms with van der Waals surface area (Å²) in [6.07, 6.45) is 6.53. The number of carboxylic acids is 1. The molecule has 0 aliphatic rings. The molecule has 0 spiro atoms. The van der Waals surface area contributed by atoms with E-state index in [1.807, 2.05) is 11.8 Å². The third kappa shape index (κ3) is 2.24. The molecule has 0 aliphatic carbocycles. The Labute approximate surface area is 86.2 Å². The van der Waals surface area contributed by atoms with Crippen molar-refractivity contribution < 1.29 is 9.90 Å². The molecule has 0 fully saturated rings. The molecule has 0 saturated heterocycles. The average Bonchev–Trinajstić information content (AvgIpc) is 2.63. The highest BCUT2D eigenvalue weighted by Gasteiger charge is 2.12. The number of aromatic nitrogens is 1. The fourth-order valence-electron chi connectivity index (χ4n) is 0.935. The summed E-state index contributed by atoms with van der Waals surface area (Å²) in [5.41, 5.74) is 0. The van der Waals surface area contributed by atoms with Gasteiger partial charge in [-0.25, -0.2) is 9.78 Å². The zero-order valence-corrected chi connectivity index (χ0v) is 8.54. The molecule has 0 radical (unpaired) electrons. The second-order valence-electron chi connectivity index (χ2n) is 2.53. The van der Waals surface area contributed by atoms with Crippen LogP contribution in [-0.2, 0) is 0 Å². The van der Waals surface area contributed by atoms with Crippen molar-refractivity contribution in [3.63, 3.8) is 0 Å². The first kappa shape index (κ1) is 10.5. The van der Waals surface area contributed by atoms with Crippen molar-refractivity contribution in [1.82, 2.24) is 4.98 Å². The van der Waals surface area contributed by atoms with Crippen molar-refractivity contribution in [2.75, 3.05) is 18.0 Å². The van der Waals surface area contributed by atoms with E-state index in [1.54, 1.807) is 0 Å². The summed E-state index contributed by atoms with van der Waals surface area (Å²) in [6.45, 7) is 3.11. The second-order valence-corrected chi connectivity index (χ2v) is 3.54. The molecule has 14 heavy (non-hydrogen) atoms. The number of nitrogens with zero attached hydrogens (tertiary/aromatic N) is 2. The first-order valence-electron chi connectivity index (χ1n) is 4.06. The maximum absolute atomic E-state index is 10.6. The molecular weight excluding hydrogens is 200 g/mol. The molecule has 0 saturated carbocycles. The number of aromatic carboxylic acids is 1. The summed E-state index contributed by atoms with van der Waals surface area (Å²) in [7, 11) is 0. The van der Waals surface area contributed by atoms with Crippen LogP contribution in [0.1, 0.15) is 16.6 Å². The van der Waals surface area contributed by atoms with Gasteiger partial charge in [0.15, 0.2) is 5.13 Å². The minimum Gasteiger partial charge on any atom is -0.477 e. The van der Waals surface area contributed by atoms with Gasteiger partial charge in [-0.1, -0.05) is 17.3 Å². The Morgan fingerprint density at radius 1 is 1.86 bits per heavy atom. The monoisotopic (exact) mass is 210 g/mol. The van der Waals surface area contributed by atoms with Crippen LogP contribution in [0.2, 0.25) is 0 Å². The smallest absolute Gasteiger partial charge is 0.347 e. The van der Waals surface area contributed by atoms with Gasteiger partial charge in [0.25, 0.3) is 0 Å². The molecule has 5 heteroatoms. The van der Waals surface area contributed by atoms with Gasteiger partial charge in [0.05, 0.1) is 12.7 Å². The van der Waals surface area contributed by atoms with Crippen LogP contribution < -0.4 is 4.90 Å². The molecule has 0 bridgehead atoms. The Morgan fingerprint density at radius 3 is 3.00 bits per heavy atom. The molecule has 1 heterocycles. The number of thiazole rings is 1. The SMILES string of the molecule is C#CCN(CC)c1ncc(C(=O)O)s1. The lowest BCUT2D eigenvalue weighted by atomic mass is 10.5. The van der Waals surface area contributed by atoms with E-state index in [2.05, 4.69) is 10.9 Å². The van der Waals surface area contributed by atoms with Gasteiger partial charge in [-0.3, -0.25) is 0 Å². The number of hydrogen-bond acceptors (Lipinski definition) is 4. The van der Waals surface area contributed by atoms with Gasteiger partial charge >= 0.3 is 5.97 Å².